The summed E-state index contributed by atoms with van der Waals surface area (Å²) in [6.07, 6.45) is 0. The molecule has 0 spiro atoms. The van der Waals surface area contributed by atoms with E-state index in [2.05, 4.69) is 0 Å². The predicted octanol–water partition coefficient (Wildman–Crippen LogP) is 3.25. The highest BCUT2D eigenvalue weighted by Gasteiger charge is 2.20. The van der Waals surface area contributed by atoms with E-state index < -0.39 is 10.0 Å². The van der Waals surface area contributed by atoms with Gasteiger partial charge in [-0.3, -0.25) is 0 Å². The molecule has 0 aromatic heterocycles. The Morgan fingerprint density at radius 1 is 0.950 bits per heavy atom. The van der Waals surface area contributed by atoms with Crippen LogP contribution in [-0.4, -0.2) is 19.8 Å². The minimum atomic E-state index is -3.47. The Balaban J connectivity index is 2.20. The van der Waals surface area contributed by atoms with Crippen LogP contribution in [0.2, 0.25) is 0 Å². The van der Waals surface area contributed by atoms with Crippen LogP contribution in [0.3, 0.4) is 0 Å². The van der Waals surface area contributed by atoms with Crippen molar-refractivity contribution in [2.24, 2.45) is 0 Å². The summed E-state index contributed by atoms with van der Waals surface area (Å²) in [7, 11) is -1.89. The lowest BCUT2D eigenvalue weighted by Crippen LogP contribution is -2.26. The second kappa shape index (κ2) is 6.39. The van der Waals surface area contributed by atoms with Crippen molar-refractivity contribution in [2.75, 3.05) is 7.05 Å². The normalized spacial score (nSPS) is 11.8. The van der Waals surface area contributed by atoms with Crippen LogP contribution in [0.15, 0.2) is 59.5 Å². The average Bonchev–Trinajstić information content (AvgIpc) is 2.48. The Morgan fingerprint density at radius 2 is 1.55 bits per heavy atom. The van der Waals surface area contributed by atoms with Gasteiger partial charge < -0.3 is 0 Å². The van der Waals surface area contributed by atoms with Gasteiger partial charge in [0.2, 0.25) is 10.0 Å². The Hall–Kier alpha value is -1.36. The number of nitrogens with zero attached hydrogens (tertiary/aromatic N) is 1. The van der Waals surface area contributed by atoms with Gasteiger partial charge in [-0.2, -0.15) is 4.31 Å². The van der Waals surface area contributed by atoms with Crippen molar-refractivity contribution in [3.63, 3.8) is 0 Å². The molecule has 0 N–H and O–H groups in total. The molecular formula is C15H16ClNO2S. The average molecular weight is 310 g/mol. The minimum Gasteiger partial charge on any atom is -0.207 e. The van der Waals surface area contributed by atoms with Gasteiger partial charge in [-0.15, -0.1) is 11.6 Å². The van der Waals surface area contributed by atoms with Crippen molar-refractivity contribution < 1.29 is 8.42 Å². The van der Waals surface area contributed by atoms with E-state index in [9.17, 15) is 8.42 Å². The highest BCUT2D eigenvalue weighted by molar-refractivity contribution is 7.89. The van der Waals surface area contributed by atoms with Crippen molar-refractivity contribution >= 4 is 21.6 Å². The molecule has 0 aliphatic carbocycles. The molecule has 5 heteroatoms. The molecule has 0 atom stereocenters. The van der Waals surface area contributed by atoms with Crippen LogP contribution in [-0.2, 0) is 22.4 Å². The van der Waals surface area contributed by atoms with Crippen molar-refractivity contribution in [2.45, 2.75) is 17.3 Å². The van der Waals surface area contributed by atoms with Gasteiger partial charge in [0.25, 0.3) is 0 Å². The highest BCUT2D eigenvalue weighted by Crippen LogP contribution is 2.18. The quantitative estimate of drug-likeness (QED) is 0.795. The molecule has 20 heavy (non-hydrogen) atoms. The first-order valence-corrected chi connectivity index (χ1v) is 8.16. The third-order valence-electron chi connectivity index (χ3n) is 3.03. The van der Waals surface area contributed by atoms with E-state index in [1.807, 2.05) is 30.3 Å². The zero-order valence-electron chi connectivity index (χ0n) is 11.2. The van der Waals surface area contributed by atoms with E-state index in [1.54, 1.807) is 31.3 Å². The van der Waals surface area contributed by atoms with E-state index >= 15 is 0 Å². The zero-order valence-corrected chi connectivity index (χ0v) is 12.7. The summed E-state index contributed by atoms with van der Waals surface area (Å²) in [6.45, 7) is 0.348. The van der Waals surface area contributed by atoms with Gasteiger partial charge in [-0.25, -0.2) is 8.42 Å². The van der Waals surface area contributed by atoms with Crippen molar-refractivity contribution in [3.8, 4) is 0 Å². The zero-order chi connectivity index (χ0) is 14.6. The van der Waals surface area contributed by atoms with Gasteiger partial charge in [-0.05, 0) is 23.3 Å². The second-order valence-corrected chi connectivity index (χ2v) is 6.84. The summed E-state index contributed by atoms with van der Waals surface area (Å²) >= 11 is 5.70. The Kier molecular flexibility index (Phi) is 4.81. The predicted molar refractivity (Wildman–Crippen MR) is 81.1 cm³/mol. The first kappa shape index (κ1) is 15.0. The molecule has 2 rings (SSSR count). The van der Waals surface area contributed by atoms with Crippen LogP contribution in [0.1, 0.15) is 11.1 Å². The fraction of sp³-hybridized carbons (Fsp3) is 0.200. The van der Waals surface area contributed by atoms with E-state index in [0.717, 1.165) is 11.1 Å². The topological polar surface area (TPSA) is 37.4 Å². The number of alkyl halides is 1. The van der Waals surface area contributed by atoms with E-state index in [0.29, 0.717) is 12.4 Å². The van der Waals surface area contributed by atoms with Crippen LogP contribution < -0.4 is 0 Å². The molecule has 0 fully saturated rings. The number of hydrogen-bond acceptors (Lipinski definition) is 2. The van der Waals surface area contributed by atoms with Gasteiger partial charge in [0.1, 0.15) is 0 Å². The first-order chi connectivity index (χ1) is 9.54. The van der Waals surface area contributed by atoms with Crippen LogP contribution in [0, 0.1) is 0 Å². The summed E-state index contributed by atoms with van der Waals surface area (Å²) in [5.41, 5.74) is 1.85. The molecule has 0 aliphatic rings. The SMILES string of the molecule is CN(Cc1ccccc1)S(=O)(=O)c1ccc(CCl)cc1. The van der Waals surface area contributed by atoms with E-state index in [1.165, 1.54) is 4.31 Å². The Bertz CT molecular complexity index is 654. The van der Waals surface area contributed by atoms with Crippen molar-refractivity contribution in [1.29, 1.82) is 0 Å². The van der Waals surface area contributed by atoms with Gasteiger partial charge in [0, 0.05) is 19.5 Å². The monoisotopic (exact) mass is 309 g/mol. The molecule has 2 aromatic carbocycles. The van der Waals surface area contributed by atoms with Crippen LogP contribution in [0.5, 0.6) is 0 Å². The van der Waals surface area contributed by atoms with Crippen LogP contribution in [0.4, 0.5) is 0 Å². The van der Waals surface area contributed by atoms with E-state index in [-0.39, 0.29) is 4.90 Å². The standard InChI is InChI=1S/C15H16ClNO2S/c1-17(12-14-5-3-2-4-6-14)20(18,19)15-9-7-13(11-16)8-10-15/h2-10H,11-12H2,1H3. The molecule has 0 unspecified atom stereocenters. The largest absolute Gasteiger partial charge is 0.243 e. The lowest BCUT2D eigenvalue weighted by Gasteiger charge is -2.17. The summed E-state index contributed by atoms with van der Waals surface area (Å²) < 4.78 is 26.2. The highest BCUT2D eigenvalue weighted by atomic mass is 35.5. The number of sulfonamides is 1. The molecule has 0 radical (unpaired) electrons. The third kappa shape index (κ3) is 3.39. The number of halogens is 1. The maximum atomic E-state index is 12.4. The molecule has 106 valence electrons. The molecular weight excluding hydrogens is 294 g/mol. The summed E-state index contributed by atoms with van der Waals surface area (Å²) in [4.78, 5) is 0.282. The fourth-order valence-electron chi connectivity index (χ4n) is 1.86. The van der Waals surface area contributed by atoms with E-state index in [4.69, 9.17) is 11.6 Å². The minimum absolute atomic E-state index is 0.282. The van der Waals surface area contributed by atoms with Gasteiger partial charge in [-0.1, -0.05) is 42.5 Å². The molecule has 0 heterocycles. The van der Waals surface area contributed by atoms with Gasteiger partial charge in [0.15, 0.2) is 0 Å². The maximum absolute atomic E-state index is 12.4. The van der Waals surface area contributed by atoms with Crippen molar-refractivity contribution in [1.82, 2.24) is 4.31 Å². The lowest BCUT2D eigenvalue weighted by atomic mass is 10.2. The van der Waals surface area contributed by atoms with Crippen LogP contribution in [0.25, 0.3) is 0 Å². The molecule has 0 saturated carbocycles. The number of hydrogen-bond donors (Lipinski definition) is 0. The molecule has 0 aliphatic heterocycles. The van der Waals surface area contributed by atoms with Gasteiger partial charge in [0.05, 0.1) is 4.90 Å². The molecule has 0 bridgehead atoms. The summed E-state index contributed by atoms with van der Waals surface area (Å²) in [6, 6.07) is 16.2. The number of rotatable bonds is 5. The molecule has 0 amide bonds. The van der Waals surface area contributed by atoms with Gasteiger partial charge >= 0.3 is 0 Å². The number of benzene rings is 2. The molecule has 3 nitrogen and oxygen atoms in total. The lowest BCUT2D eigenvalue weighted by molar-refractivity contribution is 0.466. The maximum Gasteiger partial charge on any atom is 0.243 e. The Morgan fingerprint density at radius 3 is 2.10 bits per heavy atom. The van der Waals surface area contributed by atoms with Crippen molar-refractivity contribution in [3.05, 3.63) is 65.7 Å². The summed E-state index contributed by atoms with van der Waals surface area (Å²) in [5, 5.41) is 0. The Labute approximate surface area is 124 Å². The fourth-order valence-corrected chi connectivity index (χ4v) is 3.19. The smallest absolute Gasteiger partial charge is 0.207 e. The molecule has 2 aromatic rings. The first-order valence-electron chi connectivity index (χ1n) is 6.19. The third-order valence-corrected chi connectivity index (χ3v) is 5.16. The molecule has 0 saturated heterocycles. The van der Waals surface area contributed by atoms with Crippen LogP contribution >= 0.6 is 11.6 Å². The summed E-state index contributed by atoms with van der Waals surface area (Å²) in [5.74, 6) is 0.375. The second-order valence-electron chi connectivity index (χ2n) is 4.52.